The molecule has 0 spiro atoms. The molecule has 0 saturated carbocycles. The second-order valence-corrected chi connectivity index (χ2v) is 5.14. The van der Waals surface area contributed by atoms with E-state index in [1.807, 2.05) is 0 Å². The zero-order valence-corrected chi connectivity index (χ0v) is 10.7. The molecule has 0 aliphatic carbocycles. The van der Waals surface area contributed by atoms with Gasteiger partial charge in [-0.25, -0.2) is 4.39 Å². The summed E-state index contributed by atoms with van der Waals surface area (Å²) in [4.78, 5) is 6.50. The van der Waals surface area contributed by atoms with Gasteiger partial charge in [0.1, 0.15) is 5.82 Å². The van der Waals surface area contributed by atoms with Crippen LogP contribution in [0.15, 0.2) is 30.5 Å². The van der Waals surface area contributed by atoms with Crippen molar-refractivity contribution >= 4 is 10.9 Å². The number of aliphatic hydroxyl groups excluding tert-OH is 1. The van der Waals surface area contributed by atoms with Crippen molar-refractivity contribution in [2.45, 2.75) is 25.5 Å². The molecule has 0 amide bonds. The molecule has 100 valence electrons. The second kappa shape index (κ2) is 5.23. The van der Waals surface area contributed by atoms with Crippen LogP contribution in [0.1, 0.15) is 18.4 Å². The number of β-amino-alcohol motifs (C(OH)–C–C–N with tert-alkyl or cyclic N) is 1. The van der Waals surface area contributed by atoms with Gasteiger partial charge in [0.2, 0.25) is 0 Å². The van der Waals surface area contributed by atoms with Crippen LogP contribution in [0.25, 0.3) is 10.9 Å². The quantitative estimate of drug-likeness (QED) is 0.900. The van der Waals surface area contributed by atoms with Crippen molar-refractivity contribution in [2.24, 2.45) is 0 Å². The van der Waals surface area contributed by atoms with Crippen LogP contribution < -0.4 is 0 Å². The molecule has 0 bridgehead atoms. The van der Waals surface area contributed by atoms with Gasteiger partial charge in [0, 0.05) is 24.7 Å². The molecule has 4 heteroatoms. The molecule has 1 aliphatic heterocycles. The lowest BCUT2D eigenvalue weighted by Gasteiger charge is -2.30. The zero-order valence-electron chi connectivity index (χ0n) is 10.7. The van der Waals surface area contributed by atoms with Gasteiger partial charge in [-0.15, -0.1) is 0 Å². The third-order valence-corrected chi connectivity index (χ3v) is 3.67. The summed E-state index contributed by atoms with van der Waals surface area (Å²) in [7, 11) is 0. The summed E-state index contributed by atoms with van der Waals surface area (Å²) < 4.78 is 13.7. The number of fused-ring (bicyclic) bond motifs is 1. The van der Waals surface area contributed by atoms with Crippen LogP contribution >= 0.6 is 0 Å². The molecule has 3 nitrogen and oxygen atoms in total. The fourth-order valence-electron chi connectivity index (χ4n) is 2.74. The van der Waals surface area contributed by atoms with Crippen molar-refractivity contribution in [3.8, 4) is 0 Å². The summed E-state index contributed by atoms with van der Waals surface area (Å²) in [5, 5.41) is 10.3. The van der Waals surface area contributed by atoms with Crippen LogP contribution in [-0.2, 0) is 6.54 Å². The molecule has 1 aromatic heterocycles. The van der Waals surface area contributed by atoms with Crippen molar-refractivity contribution < 1.29 is 9.50 Å². The summed E-state index contributed by atoms with van der Waals surface area (Å²) in [6, 6.07) is 6.80. The highest BCUT2D eigenvalue weighted by atomic mass is 19.1. The minimum Gasteiger partial charge on any atom is -0.392 e. The minimum atomic E-state index is -0.242. The van der Waals surface area contributed by atoms with E-state index >= 15 is 0 Å². The van der Waals surface area contributed by atoms with Gasteiger partial charge in [0.15, 0.2) is 0 Å². The van der Waals surface area contributed by atoms with Crippen molar-refractivity contribution in [3.63, 3.8) is 0 Å². The van der Waals surface area contributed by atoms with E-state index in [1.165, 1.54) is 6.07 Å². The third kappa shape index (κ3) is 2.60. The van der Waals surface area contributed by atoms with Crippen molar-refractivity contribution in [1.82, 2.24) is 9.88 Å². The van der Waals surface area contributed by atoms with E-state index in [2.05, 4.69) is 9.88 Å². The monoisotopic (exact) mass is 260 g/mol. The molecular formula is C15H17FN2O. The second-order valence-electron chi connectivity index (χ2n) is 5.14. The number of aromatic nitrogens is 1. The standard InChI is InChI=1S/C15H17FN2O/c16-14-6-5-11(15-13(14)4-1-7-17-15)9-18-8-2-3-12(19)10-18/h1,4-7,12,19H,2-3,8-10H2/t12-/m0/s1. The Morgan fingerprint density at radius 3 is 3.11 bits per heavy atom. The maximum absolute atomic E-state index is 13.7. The maximum Gasteiger partial charge on any atom is 0.132 e. The summed E-state index contributed by atoms with van der Waals surface area (Å²) in [5.74, 6) is -0.231. The first-order valence-electron chi connectivity index (χ1n) is 6.66. The van der Waals surface area contributed by atoms with E-state index in [0.717, 1.165) is 30.5 Å². The fraction of sp³-hybridized carbons (Fsp3) is 0.400. The Labute approximate surface area is 111 Å². The van der Waals surface area contributed by atoms with E-state index < -0.39 is 0 Å². The Kier molecular flexibility index (Phi) is 3.44. The van der Waals surface area contributed by atoms with Crippen LogP contribution in [-0.4, -0.2) is 34.2 Å². The molecule has 1 aromatic carbocycles. The first kappa shape index (κ1) is 12.5. The van der Waals surface area contributed by atoms with Crippen molar-refractivity contribution in [2.75, 3.05) is 13.1 Å². The maximum atomic E-state index is 13.7. The minimum absolute atomic E-state index is 0.231. The number of rotatable bonds is 2. The summed E-state index contributed by atoms with van der Waals surface area (Å²) in [6.07, 6.45) is 3.33. The van der Waals surface area contributed by atoms with Gasteiger partial charge in [0.05, 0.1) is 11.6 Å². The molecule has 0 unspecified atom stereocenters. The Bertz CT molecular complexity index is 587. The highest BCUT2D eigenvalue weighted by molar-refractivity contribution is 5.82. The van der Waals surface area contributed by atoms with Crippen LogP contribution in [0.2, 0.25) is 0 Å². The predicted octanol–water partition coefficient (Wildman–Crippen LogP) is 2.33. The number of piperidine rings is 1. The normalized spacial score (nSPS) is 20.8. The molecule has 1 N–H and O–H groups in total. The molecule has 19 heavy (non-hydrogen) atoms. The van der Waals surface area contributed by atoms with E-state index in [-0.39, 0.29) is 11.9 Å². The lowest BCUT2D eigenvalue weighted by Crippen LogP contribution is -2.37. The SMILES string of the molecule is O[C@H]1CCCN(Cc2ccc(F)c3cccnc23)C1. The van der Waals surface area contributed by atoms with Gasteiger partial charge in [-0.1, -0.05) is 6.07 Å². The van der Waals surface area contributed by atoms with E-state index in [9.17, 15) is 9.50 Å². The number of pyridine rings is 1. The number of benzene rings is 1. The average molecular weight is 260 g/mol. The molecule has 2 heterocycles. The number of aliphatic hydroxyl groups is 1. The molecule has 1 aliphatic rings. The average Bonchev–Trinajstić information content (AvgIpc) is 2.42. The number of hydrogen-bond acceptors (Lipinski definition) is 3. The number of nitrogens with zero attached hydrogens (tertiary/aromatic N) is 2. The molecule has 1 saturated heterocycles. The van der Waals surface area contributed by atoms with E-state index in [0.29, 0.717) is 18.5 Å². The van der Waals surface area contributed by atoms with Gasteiger partial charge in [-0.2, -0.15) is 0 Å². The number of halogens is 1. The fourth-order valence-corrected chi connectivity index (χ4v) is 2.74. The van der Waals surface area contributed by atoms with Gasteiger partial charge in [-0.05, 0) is 43.1 Å². The smallest absolute Gasteiger partial charge is 0.132 e. The number of likely N-dealkylation sites (tertiary alicyclic amines) is 1. The van der Waals surface area contributed by atoms with Gasteiger partial charge >= 0.3 is 0 Å². The van der Waals surface area contributed by atoms with Crippen LogP contribution in [0.3, 0.4) is 0 Å². The molecule has 3 rings (SSSR count). The molecular weight excluding hydrogens is 243 g/mol. The first-order valence-corrected chi connectivity index (χ1v) is 6.66. The summed E-state index contributed by atoms with van der Waals surface area (Å²) in [6.45, 7) is 2.37. The lowest BCUT2D eigenvalue weighted by molar-refractivity contribution is 0.0670. The Balaban J connectivity index is 1.90. The lowest BCUT2D eigenvalue weighted by atomic mass is 10.1. The third-order valence-electron chi connectivity index (χ3n) is 3.67. The van der Waals surface area contributed by atoms with Crippen LogP contribution in [0, 0.1) is 5.82 Å². The zero-order chi connectivity index (χ0) is 13.2. The summed E-state index contributed by atoms with van der Waals surface area (Å²) >= 11 is 0. The Hall–Kier alpha value is -1.52. The first-order chi connectivity index (χ1) is 9.24. The topological polar surface area (TPSA) is 36.4 Å². The number of hydrogen-bond donors (Lipinski definition) is 1. The molecule has 1 atom stereocenters. The van der Waals surface area contributed by atoms with Crippen molar-refractivity contribution in [3.05, 3.63) is 41.8 Å². The Morgan fingerprint density at radius 1 is 1.37 bits per heavy atom. The largest absolute Gasteiger partial charge is 0.392 e. The van der Waals surface area contributed by atoms with Gasteiger partial charge in [-0.3, -0.25) is 9.88 Å². The Morgan fingerprint density at radius 2 is 2.26 bits per heavy atom. The van der Waals surface area contributed by atoms with E-state index in [1.54, 1.807) is 24.4 Å². The highest BCUT2D eigenvalue weighted by Gasteiger charge is 2.18. The van der Waals surface area contributed by atoms with Gasteiger partial charge in [0.25, 0.3) is 0 Å². The van der Waals surface area contributed by atoms with E-state index in [4.69, 9.17) is 0 Å². The van der Waals surface area contributed by atoms with Gasteiger partial charge < -0.3 is 5.11 Å². The molecule has 1 fully saturated rings. The highest BCUT2D eigenvalue weighted by Crippen LogP contribution is 2.22. The van der Waals surface area contributed by atoms with Crippen LogP contribution in [0.4, 0.5) is 4.39 Å². The molecule has 0 radical (unpaired) electrons. The van der Waals surface area contributed by atoms with Crippen molar-refractivity contribution in [1.29, 1.82) is 0 Å². The predicted molar refractivity (Wildman–Crippen MR) is 72.2 cm³/mol. The summed E-state index contributed by atoms with van der Waals surface area (Å²) in [5.41, 5.74) is 1.74. The van der Waals surface area contributed by atoms with Crippen LogP contribution in [0.5, 0.6) is 0 Å². The molecule has 2 aromatic rings.